The number of aromatic nitrogens is 1. The van der Waals surface area contributed by atoms with Gasteiger partial charge in [-0.2, -0.15) is 0 Å². The Hall–Kier alpha value is -2.35. The second-order valence-corrected chi connectivity index (χ2v) is 4.86. The summed E-state index contributed by atoms with van der Waals surface area (Å²) in [5.41, 5.74) is 4.60. The molecule has 0 aliphatic heterocycles. The predicted molar refractivity (Wildman–Crippen MR) is 81.5 cm³/mol. The van der Waals surface area contributed by atoms with Gasteiger partial charge in [-0.25, -0.2) is 0 Å². The van der Waals surface area contributed by atoms with E-state index in [0.717, 1.165) is 11.1 Å². The largest absolute Gasteiger partial charge is 0.378 e. The van der Waals surface area contributed by atoms with E-state index in [1.165, 1.54) is 16.6 Å². The second-order valence-electron chi connectivity index (χ2n) is 4.86. The molecule has 0 N–H and O–H groups in total. The summed E-state index contributed by atoms with van der Waals surface area (Å²) in [6, 6.07) is 18.9. The maximum absolute atomic E-state index is 4.50. The number of hydrogen-bond acceptors (Lipinski definition) is 2. The first-order chi connectivity index (χ1) is 9.24. The highest BCUT2D eigenvalue weighted by molar-refractivity contribution is 5.83. The Morgan fingerprint density at radius 2 is 1.58 bits per heavy atom. The molecule has 3 aromatic rings. The van der Waals surface area contributed by atoms with Gasteiger partial charge >= 0.3 is 0 Å². The van der Waals surface area contributed by atoms with Crippen molar-refractivity contribution >= 4 is 16.6 Å². The molecule has 0 saturated carbocycles. The number of rotatable bonds is 2. The molecule has 1 aromatic heterocycles. The zero-order chi connectivity index (χ0) is 13.2. The summed E-state index contributed by atoms with van der Waals surface area (Å²) in [7, 11) is 4.10. The summed E-state index contributed by atoms with van der Waals surface area (Å²) in [5, 5.41) is 1.18. The highest BCUT2D eigenvalue weighted by atomic mass is 15.1. The van der Waals surface area contributed by atoms with Crippen molar-refractivity contribution in [3.05, 3.63) is 60.8 Å². The molecule has 2 nitrogen and oxygen atoms in total. The smallest absolute Gasteiger partial charge is 0.0702 e. The van der Waals surface area contributed by atoms with Crippen molar-refractivity contribution in [2.45, 2.75) is 0 Å². The Balaban J connectivity index is 2.03. The van der Waals surface area contributed by atoms with Crippen LogP contribution in [0, 0.1) is 0 Å². The summed E-state index contributed by atoms with van der Waals surface area (Å²) in [6.45, 7) is 0. The van der Waals surface area contributed by atoms with Crippen LogP contribution in [0.5, 0.6) is 0 Å². The number of pyridine rings is 1. The van der Waals surface area contributed by atoms with Gasteiger partial charge in [0.05, 0.1) is 5.52 Å². The lowest BCUT2D eigenvalue weighted by atomic mass is 10.1. The fourth-order valence-corrected chi connectivity index (χ4v) is 2.18. The van der Waals surface area contributed by atoms with Crippen molar-refractivity contribution in [3.8, 4) is 11.1 Å². The van der Waals surface area contributed by atoms with E-state index in [4.69, 9.17) is 0 Å². The van der Waals surface area contributed by atoms with Crippen LogP contribution in [0.15, 0.2) is 60.8 Å². The molecule has 0 aliphatic rings. The van der Waals surface area contributed by atoms with E-state index in [1.807, 2.05) is 38.5 Å². The minimum absolute atomic E-state index is 1.04. The Bertz CT molecular complexity index is 700. The predicted octanol–water partition coefficient (Wildman–Crippen LogP) is 3.97. The lowest BCUT2D eigenvalue weighted by Crippen LogP contribution is -2.07. The molecule has 0 aliphatic carbocycles. The van der Waals surface area contributed by atoms with Gasteiger partial charge in [0.25, 0.3) is 0 Å². The lowest BCUT2D eigenvalue weighted by molar-refractivity contribution is 1.13. The standard InChI is InChI=1S/C17H16N2/c1-19(2)16-9-7-13(8-10-16)15-11-14-5-3-4-6-17(14)18-12-15/h3-12H,1-2H3. The van der Waals surface area contributed by atoms with Gasteiger partial charge < -0.3 is 4.90 Å². The molecule has 0 saturated heterocycles. The Morgan fingerprint density at radius 3 is 2.32 bits per heavy atom. The van der Waals surface area contributed by atoms with Crippen molar-refractivity contribution in [3.63, 3.8) is 0 Å². The lowest BCUT2D eigenvalue weighted by Gasteiger charge is -2.12. The molecule has 3 rings (SSSR count). The van der Waals surface area contributed by atoms with Crippen molar-refractivity contribution < 1.29 is 0 Å². The third-order valence-electron chi connectivity index (χ3n) is 3.31. The molecule has 0 bridgehead atoms. The Morgan fingerprint density at radius 1 is 0.842 bits per heavy atom. The van der Waals surface area contributed by atoms with Crippen LogP contribution >= 0.6 is 0 Å². The number of hydrogen-bond donors (Lipinski definition) is 0. The molecule has 19 heavy (non-hydrogen) atoms. The van der Waals surface area contributed by atoms with E-state index in [0.29, 0.717) is 0 Å². The number of benzene rings is 2. The quantitative estimate of drug-likeness (QED) is 0.682. The molecule has 94 valence electrons. The maximum Gasteiger partial charge on any atom is 0.0702 e. The minimum atomic E-state index is 1.04. The van der Waals surface area contributed by atoms with Gasteiger partial charge in [-0.05, 0) is 29.8 Å². The van der Waals surface area contributed by atoms with Gasteiger partial charge in [0.2, 0.25) is 0 Å². The average Bonchev–Trinajstić information content (AvgIpc) is 2.47. The molecular weight excluding hydrogens is 232 g/mol. The molecule has 0 fully saturated rings. The first-order valence-electron chi connectivity index (χ1n) is 6.36. The number of nitrogens with zero attached hydrogens (tertiary/aromatic N) is 2. The monoisotopic (exact) mass is 248 g/mol. The van der Waals surface area contributed by atoms with E-state index >= 15 is 0 Å². The zero-order valence-corrected chi connectivity index (χ0v) is 11.2. The van der Waals surface area contributed by atoms with Crippen LogP contribution < -0.4 is 4.90 Å². The third-order valence-corrected chi connectivity index (χ3v) is 3.31. The summed E-state index contributed by atoms with van der Waals surface area (Å²) in [5.74, 6) is 0. The fourth-order valence-electron chi connectivity index (χ4n) is 2.18. The second kappa shape index (κ2) is 4.73. The molecule has 0 spiro atoms. The molecule has 1 heterocycles. The van der Waals surface area contributed by atoms with E-state index in [9.17, 15) is 0 Å². The average molecular weight is 248 g/mol. The molecular formula is C17H16N2. The molecule has 0 unspecified atom stereocenters. The van der Waals surface area contributed by atoms with Gasteiger partial charge in [0, 0.05) is 36.9 Å². The van der Waals surface area contributed by atoms with Crippen molar-refractivity contribution in [2.24, 2.45) is 0 Å². The number of anilines is 1. The molecule has 0 radical (unpaired) electrons. The molecule has 2 aromatic carbocycles. The highest BCUT2D eigenvalue weighted by Gasteiger charge is 2.01. The number of para-hydroxylation sites is 1. The molecule has 2 heteroatoms. The van der Waals surface area contributed by atoms with Gasteiger partial charge in [-0.3, -0.25) is 4.98 Å². The SMILES string of the molecule is CN(C)c1ccc(-c2cnc3ccccc3c2)cc1. The van der Waals surface area contributed by atoms with Crippen LogP contribution in [0.1, 0.15) is 0 Å². The maximum atomic E-state index is 4.50. The highest BCUT2D eigenvalue weighted by Crippen LogP contribution is 2.24. The van der Waals surface area contributed by atoms with E-state index in [-0.39, 0.29) is 0 Å². The van der Waals surface area contributed by atoms with Gasteiger partial charge in [-0.15, -0.1) is 0 Å². The fraction of sp³-hybridized carbons (Fsp3) is 0.118. The first kappa shape index (κ1) is 11.7. The summed E-state index contributed by atoms with van der Waals surface area (Å²) >= 11 is 0. The topological polar surface area (TPSA) is 16.1 Å². The van der Waals surface area contributed by atoms with Gasteiger partial charge in [0.15, 0.2) is 0 Å². The van der Waals surface area contributed by atoms with Crippen LogP contribution in [-0.2, 0) is 0 Å². The van der Waals surface area contributed by atoms with Crippen LogP contribution in [0.3, 0.4) is 0 Å². The molecule has 0 amide bonds. The summed E-state index contributed by atoms with van der Waals surface area (Å²) < 4.78 is 0. The van der Waals surface area contributed by atoms with E-state index < -0.39 is 0 Å². The zero-order valence-electron chi connectivity index (χ0n) is 11.2. The Labute approximate surface area is 113 Å². The summed E-state index contributed by atoms with van der Waals surface area (Å²) in [4.78, 5) is 6.60. The van der Waals surface area contributed by atoms with Crippen molar-refractivity contribution in [1.82, 2.24) is 4.98 Å². The minimum Gasteiger partial charge on any atom is -0.378 e. The van der Waals surface area contributed by atoms with Crippen LogP contribution in [0.4, 0.5) is 5.69 Å². The van der Waals surface area contributed by atoms with Crippen molar-refractivity contribution in [1.29, 1.82) is 0 Å². The molecule has 0 atom stereocenters. The van der Waals surface area contributed by atoms with Crippen LogP contribution in [0.25, 0.3) is 22.0 Å². The van der Waals surface area contributed by atoms with Gasteiger partial charge in [-0.1, -0.05) is 30.3 Å². The third kappa shape index (κ3) is 2.29. The van der Waals surface area contributed by atoms with Crippen LogP contribution in [0.2, 0.25) is 0 Å². The van der Waals surface area contributed by atoms with Crippen LogP contribution in [-0.4, -0.2) is 19.1 Å². The van der Waals surface area contributed by atoms with E-state index in [2.05, 4.69) is 46.3 Å². The number of fused-ring (bicyclic) bond motifs is 1. The van der Waals surface area contributed by atoms with E-state index in [1.54, 1.807) is 0 Å². The van der Waals surface area contributed by atoms with Gasteiger partial charge in [0.1, 0.15) is 0 Å². The van der Waals surface area contributed by atoms with Crippen molar-refractivity contribution in [2.75, 3.05) is 19.0 Å². The first-order valence-corrected chi connectivity index (χ1v) is 6.36. The summed E-state index contributed by atoms with van der Waals surface area (Å²) in [6.07, 6.45) is 1.94. The Kier molecular flexibility index (Phi) is 2.92. The normalized spacial score (nSPS) is 10.6.